The van der Waals surface area contributed by atoms with E-state index in [-0.39, 0.29) is 22.9 Å². The van der Waals surface area contributed by atoms with Crippen molar-refractivity contribution in [1.82, 2.24) is 0 Å². The Morgan fingerprint density at radius 2 is 1.78 bits per heavy atom. The number of benzene rings is 1. The van der Waals surface area contributed by atoms with Gasteiger partial charge in [0.05, 0.1) is 6.61 Å². The van der Waals surface area contributed by atoms with Crippen LogP contribution in [0, 0.1) is 11.6 Å². The van der Waals surface area contributed by atoms with Crippen LogP contribution >= 0.6 is 0 Å². The molecule has 1 aromatic carbocycles. The van der Waals surface area contributed by atoms with Crippen LogP contribution < -0.4 is 5.73 Å². The molecule has 1 aromatic rings. The molecule has 2 nitrogen and oxygen atoms in total. The molecule has 0 aliphatic heterocycles. The summed E-state index contributed by atoms with van der Waals surface area (Å²) in [4.78, 5) is 0. The van der Waals surface area contributed by atoms with Gasteiger partial charge in [0, 0.05) is 17.3 Å². The third-order valence-corrected chi connectivity index (χ3v) is 8.06. The Kier molecular flexibility index (Phi) is 4.18. The highest BCUT2D eigenvalue weighted by molar-refractivity contribution is 6.74. The van der Waals surface area contributed by atoms with Crippen molar-refractivity contribution in [3.05, 3.63) is 29.3 Å². The van der Waals surface area contributed by atoms with Crippen molar-refractivity contribution >= 4 is 14.0 Å². The fourth-order valence-corrected chi connectivity index (χ4v) is 2.18. The molecule has 1 rings (SSSR count). The fourth-order valence-electron chi connectivity index (χ4n) is 1.24. The van der Waals surface area contributed by atoms with E-state index in [1.165, 1.54) is 0 Å². The SMILES string of the molecule is CC(C)(C)[Si](C)(C)OCc1c(N)cc(F)cc1F. The smallest absolute Gasteiger partial charge is 0.192 e. The molecule has 0 saturated heterocycles. The van der Waals surface area contributed by atoms with Crippen LogP contribution in [0.2, 0.25) is 18.1 Å². The number of hydrogen-bond donors (Lipinski definition) is 1. The zero-order chi connectivity index (χ0) is 14.1. The minimum atomic E-state index is -1.96. The minimum Gasteiger partial charge on any atom is -0.412 e. The maximum atomic E-state index is 13.6. The fraction of sp³-hybridized carbons (Fsp3) is 0.538. The van der Waals surface area contributed by atoms with E-state index >= 15 is 0 Å². The summed E-state index contributed by atoms with van der Waals surface area (Å²) in [6.07, 6.45) is 0. The second-order valence-corrected chi connectivity index (χ2v) is 10.8. The van der Waals surface area contributed by atoms with Crippen LogP contribution in [0.4, 0.5) is 14.5 Å². The van der Waals surface area contributed by atoms with Crippen LogP contribution in [0.25, 0.3) is 0 Å². The summed E-state index contributed by atoms with van der Waals surface area (Å²) in [7, 11) is -1.96. The van der Waals surface area contributed by atoms with Crippen LogP contribution in [0.1, 0.15) is 26.3 Å². The Hall–Kier alpha value is -0.943. The highest BCUT2D eigenvalue weighted by Gasteiger charge is 2.37. The van der Waals surface area contributed by atoms with E-state index in [1.54, 1.807) is 0 Å². The second-order valence-electron chi connectivity index (χ2n) is 6.00. The Balaban J connectivity index is 2.88. The summed E-state index contributed by atoms with van der Waals surface area (Å²) >= 11 is 0. The zero-order valence-electron chi connectivity index (χ0n) is 11.6. The van der Waals surface area contributed by atoms with Crippen LogP contribution in [0.15, 0.2) is 12.1 Å². The van der Waals surface area contributed by atoms with Gasteiger partial charge in [0.1, 0.15) is 11.6 Å². The van der Waals surface area contributed by atoms with Gasteiger partial charge in [-0.05, 0) is 24.2 Å². The van der Waals surface area contributed by atoms with Crippen LogP contribution in [-0.4, -0.2) is 8.32 Å². The first kappa shape index (κ1) is 15.1. The van der Waals surface area contributed by atoms with Crippen LogP contribution in [-0.2, 0) is 11.0 Å². The maximum absolute atomic E-state index is 13.6. The zero-order valence-corrected chi connectivity index (χ0v) is 12.6. The van der Waals surface area contributed by atoms with Gasteiger partial charge in [0.15, 0.2) is 8.32 Å². The minimum absolute atomic E-state index is 0.0399. The average molecular weight is 273 g/mol. The first-order chi connectivity index (χ1) is 8.04. The monoisotopic (exact) mass is 273 g/mol. The quantitative estimate of drug-likeness (QED) is 0.665. The Morgan fingerprint density at radius 1 is 1.22 bits per heavy atom. The Labute approximate surface area is 108 Å². The number of nitrogens with two attached hydrogens (primary N) is 1. The molecule has 0 amide bonds. The van der Waals surface area contributed by atoms with Gasteiger partial charge in [0.25, 0.3) is 0 Å². The summed E-state index contributed by atoms with van der Waals surface area (Å²) in [5.41, 5.74) is 5.96. The third-order valence-electron chi connectivity index (χ3n) is 3.58. The number of anilines is 1. The van der Waals surface area contributed by atoms with Gasteiger partial charge in [-0.25, -0.2) is 8.78 Å². The summed E-state index contributed by atoms with van der Waals surface area (Å²) in [5.74, 6) is -1.31. The molecular weight excluding hydrogens is 252 g/mol. The van der Waals surface area contributed by atoms with E-state index in [9.17, 15) is 8.78 Å². The number of rotatable bonds is 3. The van der Waals surface area contributed by atoms with Gasteiger partial charge in [-0.3, -0.25) is 0 Å². The van der Waals surface area contributed by atoms with Gasteiger partial charge in [-0.1, -0.05) is 20.8 Å². The van der Waals surface area contributed by atoms with E-state index in [2.05, 4.69) is 33.9 Å². The van der Waals surface area contributed by atoms with Crippen molar-refractivity contribution in [3.8, 4) is 0 Å². The van der Waals surface area contributed by atoms with Crippen molar-refractivity contribution in [2.24, 2.45) is 0 Å². The second kappa shape index (κ2) is 4.97. The topological polar surface area (TPSA) is 35.2 Å². The van der Waals surface area contributed by atoms with Crippen molar-refractivity contribution in [3.63, 3.8) is 0 Å². The molecule has 0 aliphatic carbocycles. The summed E-state index contributed by atoms with van der Waals surface area (Å²) in [5, 5.41) is 0.0399. The lowest BCUT2D eigenvalue weighted by Gasteiger charge is -2.36. The van der Waals surface area contributed by atoms with E-state index in [0.29, 0.717) is 0 Å². The lowest BCUT2D eigenvalue weighted by atomic mass is 10.2. The molecular formula is C13H21F2NOSi. The molecule has 0 spiro atoms. The lowest BCUT2D eigenvalue weighted by molar-refractivity contribution is 0.271. The molecule has 102 valence electrons. The summed E-state index contributed by atoms with van der Waals surface area (Å²) in [6.45, 7) is 10.5. The normalized spacial score (nSPS) is 12.8. The van der Waals surface area contributed by atoms with Crippen molar-refractivity contribution < 1.29 is 13.2 Å². The molecule has 0 bridgehead atoms. The van der Waals surface area contributed by atoms with Crippen LogP contribution in [0.3, 0.4) is 0 Å². The van der Waals surface area contributed by atoms with E-state index in [1.807, 2.05) is 0 Å². The van der Waals surface area contributed by atoms with Gasteiger partial charge in [-0.2, -0.15) is 0 Å². The predicted molar refractivity (Wildman–Crippen MR) is 72.8 cm³/mol. The maximum Gasteiger partial charge on any atom is 0.192 e. The van der Waals surface area contributed by atoms with Crippen molar-refractivity contribution in [2.75, 3.05) is 5.73 Å². The lowest BCUT2D eigenvalue weighted by Crippen LogP contribution is -2.40. The van der Waals surface area contributed by atoms with E-state index in [4.69, 9.17) is 10.2 Å². The molecule has 0 atom stereocenters. The first-order valence-electron chi connectivity index (χ1n) is 5.92. The predicted octanol–water partition coefficient (Wildman–Crippen LogP) is 4.07. The molecule has 0 aromatic heterocycles. The highest BCUT2D eigenvalue weighted by atomic mass is 28.4. The van der Waals surface area contributed by atoms with E-state index in [0.717, 1.165) is 12.1 Å². The van der Waals surface area contributed by atoms with Gasteiger partial charge in [-0.15, -0.1) is 0 Å². The molecule has 0 heterocycles. The van der Waals surface area contributed by atoms with Crippen LogP contribution in [0.5, 0.6) is 0 Å². The molecule has 0 unspecified atom stereocenters. The molecule has 5 heteroatoms. The molecule has 0 radical (unpaired) electrons. The van der Waals surface area contributed by atoms with Crippen molar-refractivity contribution in [1.29, 1.82) is 0 Å². The highest BCUT2D eigenvalue weighted by Crippen LogP contribution is 2.37. The van der Waals surface area contributed by atoms with E-state index < -0.39 is 20.0 Å². The average Bonchev–Trinajstić information content (AvgIpc) is 2.13. The first-order valence-corrected chi connectivity index (χ1v) is 8.83. The Morgan fingerprint density at radius 3 is 2.22 bits per heavy atom. The molecule has 2 N–H and O–H groups in total. The molecule has 18 heavy (non-hydrogen) atoms. The molecule has 0 fully saturated rings. The van der Waals surface area contributed by atoms with Gasteiger partial charge in [0.2, 0.25) is 0 Å². The summed E-state index contributed by atoms with van der Waals surface area (Å²) in [6, 6.07) is 1.95. The standard InChI is InChI=1S/C13H21F2NOSi/c1-13(2,3)18(4,5)17-8-10-11(15)6-9(14)7-12(10)16/h6-7H,8,16H2,1-5H3. The largest absolute Gasteiger partial charge is 0.412 e. The van der Waals surface area contributed by atoms with Gasteiger partial charge < -0.3 is 10.2 Å². The summed E-state index contributed by atoms with van der Waals surface area (Å²) < 4.78 is 32.4. The molecule has 0 saturated carbocycles. The molecule has 0 aliphatic rings. The number of halogens is 2. The van der Waals surface area contributed by atoms with Crippen molar-refractivity contribution in [2.45, 2.75) is 45.5 Å². The number of nitrogen functional groups attached to an aromatic ring is 1. The Bertz CT molecular complexity index is 418. The van der Waals surface area contributed by atoms with Gasteiger partial charge >= 0.3 is 0 Å². The third kappa shape index (κ3) is 3.29. The number of hydrogen-bond acceptors (Lipinski definition) is 2.